The van der Waals surface area contributed by atoms with Crippen molar-refractivity contribution in [3.8, 4) is 0 Å². The van der Waals surface area contributed by atoms with E-state index in [1.807, 2.05) is 30.3 Å². The molecule has 0 aromatic heterocycles. The first-order valence-electron chi connectivity index (χ1n) is 6.88. The van der Waals surface area contributed by atoms with Crippen molar-refractivity contribution in [2.45, 2.75) is 4.90 Å². The van der Waals surface area contributed by atoms with Gasteiger partial charge in [-0.25, -0.2) is 9.18 Å². The van der Waals surface area contributed by atoms with Crippen LogP contribution in [0.5, 0.6) is 0 Å². The molecule has 0 heterocycles. The number of carbonyl (C=O) groups is 2. The number of urea groups is 1. The minimum absolute atomic E-state index is 0.213. The van der Waals surface area contributed by atoms with E-state index in [-0.39, 0.29) is 11.3 Å². The molecule has 0 radical (unpaired) electrons. The first-order valence-corrected chi connectivity index (χ1v) is 7.87. The van der Waals surface area contributed by atoms with Crippen LogP contribution in [0.2, 0.25) is 0 Å². The highest BCUT2D eigenvalue weighted by Crippen LogP contribution is 2.16. The predicted molar refractivity (Wildman–Crippen MR) is 89.1 cm³/mol. The molecule has 0 aliphatic rings. The molecule has 0 saturated carbocycles. The van der Waals surface area contributed by atoms with Crippen LogP contribution in [0.3, 0.4) is 0 Å². The van der Waals surface area contributed by atoms with Crippen LogP contribution in [0.25, 0.3) is 0 Å². The fraction of sp³-hybridized carbons (Fsp3) is 0.125. The normalized spacial score (nSPS) is 10.1. The average molecular weight is 333 g/mol. The van der Waals surface area contributed by atoms with E-state index in [0.717, 1.165) is 11.0 Å². The summed E-state index contributed by atoms with van der Waals surface area (Å²) in [6.45, 7) is 0.466. The molecular weight excluding hydrogens is 317 g/mol. The van der Waals surface area contributed by atoms with E-state index in [4.69, 9.17) is 5.73 Å². The van der Waals surface area contributed by atoms with Gasteiger partial charge in [-0.15, -0.1) is 11.8 Å². The first kappa shape index (κ1) is 16.8. The lowest BCUT2D eigenvalue weighted by Crippen LogP contribution is -2.30. The Balaban J connectivity index is 1.76. The number of nitrogens with two attached hydrogens (primary N) is 1. The number of amides is 3. The Labute approximate surface area is 137 Å². The largest absolute Gasteiger partial charge is 0.366 e. The molecule has 5 nitrogen and oxygen atoms in total. The van der Waals surface area contributed by atoms with Crippen LogP contribution < -0.4 is 16.4 Å². The van der Waals surface area contributed by atoms with Gasteiger partial charge in [-0.05, 0) is 30.3 Å². The molecule has 3 amide bonds. The number of primary amides is 1. The molecule has 0 aliphatic carbocycles. The van der Waals surface area contributed by atoms with Gasteiger partial charge >= 0.3 is 6.03 Å². The van der Waals surface area contributed by atoms with Crippen LogP contribution in [0, 0.1) is 5.82 Å². The van der Waals surface area contributed by atoms with E-state index in [1.54, 1.807) is 11.8 Å². The van der Waals surface area contributed by atoms with Crippen molar-refractivity contribution < 1.29 is 14.0 Å². The monoisotopic (exact) mass is 333 g/mol. The molecule has 0 fully saturated rings. The molecule has 0 aliphatic heterocycles. The average Bonchev–Trinajstić information content (AvgIpc) is 2.52. The van der Waals surface area contributed by atoms with Gasteiger partial charge in [0.2, 0.25) is 0 Å². The molecule has 0 bridgehead atoms. The van der Waals surface area contributed by atoms with E-state index >= 15 is 0 Å². The molecule has 4 N–H and O–H groups in total. The Morgan fingerprint density at radius 2 is 1.87 bits per heavy atom. The summed E-state index contributed by atoms with van der Waals surface area (Å²) in [6, 6.07) is 13.1. The lowest BCUT2D eigenvalue weighted by Gasteiger charge is -2.08. The van der Waals surface area contributed by atoms with Crippen molar-refractivity contribution in [3.63, 3.8) is 0 Å². The summed E-state index contributed by atoms with van der Waals surface area (Å²) in [4.78, 5) is 23.8. The van der Waals surface area contributed by atoms with Gasteiger partial charge in [-0.3, -0.25) is 4.79 Å². The minimum Gasteiger partial charge on any atom is -0.366 e. The molecule has 23 heavy (non-hydrogen) atoms. The lowest BCUT2D eigenvalue weighted by molar-refractivity contribution is 0.0996. The molecular formula is C16H16FN3O2S. The summed E-state index contributed by atoms with van der Waals surface area (Å²) in [5.74, 6) is -0.904. The Bertz CT molecular complexity index is 695. The van der Waals surface area contributed by atoms with Crippen molar-refractivity contribution in [1.29, 1.82) is 0 Å². The van der Waals surface area contributed by atoms with Crippen molar-refractivity contribution in [2.24, 2.45) is 5.73 Å². The maximum Gasteiger partial charge on any atom is 0.319 e. The van der Waals surface area contributed by atoms with E-state index in [2.05, 4.69) is 10.6 Å². The molecule has 120 valence electrons. The Hall–Kier alpha value is -2.54. The van der Waals surface area contributed by atoms with Crippen molar-refractivity contribution in [3.05, 3.63) is 59.9 Å². The number of benzene rings is 2. The third-order valence-electron chi connectivity index (χ3n) is 2.89. The number of rotatable bonds is 6. The van der Waals surface area contributed by atoms with Gasteiger partial charge in [0.25, 0.3) is 5.91 Å². The number of nitrogens with one attached hydrogen (secondary N) is 2. The third-order valence-corrected chi connectivity index (χ3v) is 3.91. The fourth-order valence-electron chi connectivity index (χ4n) is 1.82. The Morgan fingerprint density at radius 1 is 1.13 bits per heavy atom. The summed E-state index contributed by atoms with van der Waals surface area (Å²) in [5.41, 5.74) is 5.05. The van der Waals surface area contributed by atoms with E-state index in [9.17, 15) is 14.0 Å². The van der Waals surface area contributed by atoms with E-state index < -0.39 is 17.8 Å². The van der Waals surface area contributed by atoms with Gasteiger partial charge in [0, 0.05) is 22.9 Å². The third kappa shape index (κ3) is 5.30. The molecule has 0 spiro atoms. The molecule has 2 aromatic rings. The second-order valence-corrected chi connectivity index (χ2v) is 5.77. The van der Waals surface area contributed by atoms with Crippen LogP contribution in [-0.4, -0.2) is 24.2 Å². The second kappa shape index (κ2) is 8.19. The topological polar surface area (TPSA) is 84.2 Å². The van der Waals surface area contributed by atoms with Gasteiger partial charge < -0.3 is 16.4 Å². The maximum atomic E-state index is 13.6. The highest BCUT2D eigenvalue weighted by atomic mass is 32.2. The maximum absolute atomic E-state index is 13.6. The highest BCUT2D eigenvalue weighted by molar-refractivity contribution is 7.99. The van der Waals surface area contributed by atoms with Crippen LogP contribution in [-0.2, 0) is 0 Å². The second-order valence-electron chi connectivity index (χ2n) is 4.60. The highest BCUT2D eigenvalue weighted by Gasteiger charge is 2.09. The zero-order valence-electron chi connectivity index (χ0n) is 12.2. The van der Waals surface area contributed by atoms with Crippen LogP contribution >= 0.6 is 11.8 Å². The summed E-state index contributed by atoms with van der Waals surface area (Å²) in [6.07, 6.45) is 0. The predicted octanol–water partition coefficient (Wildman–Crippen LogP) is 2.84. The smallest absolute Gasteiger partial charge is 0.319 e. The molecule has 0 atom stereocenters. The molecule has 7 heteroatoms. The number of carbonyl (C=O) groups excluding carboxylic acids is 2. The molecule has 0 unspecified atom stereocenters. The van der Waals surface area contributed by atoms with Crippen molar-refractivity contribution in [2.75, 3.05) is 17.6 Å². The molecule has 2 rings (SSSR count). The zero-order valence-corrected chi connectivity index (χ0v) is 13.0. The minimum atomic E-state index is -0.851. The Morgan fingerprint density at radius 3 is 2.52 bits per heavy atom. The summed E-state index contributed by atoms with van der Waals surface area (Å²) < 4.78 is 13.6. The molecule has 0 saturated heterocycles. The summed E-state index contributed by atoms with van der Waals surface area (Å²) >= 11 is 1.62. The first-order chi connectivity index (χ1) is 11.1. The van der Waals surface area contributed by atoms with E-state index in [1.165, 1.54) is 12.1 Å². The number of halogens is 1. The van der Waals surface area contributed by atoms with Crippen LogP contribution in [0.15, 0.2) is 53.4 Å². The van der Waals surface area contributed by atoms with Gasteiger partial charge in [-0.2, -0.15) is 0 Å². The van der Waals surface area contributed by atoms with Gasteiger partial charge in [-0.1, -0.05) is 18.2 Å². The lowest BCUT2D eigenvalue weighted by atomic mass is 10.2. The summed E-state index contributed by atoms with van der Waals surface area (Å²) in [7, 11) is 0. The number of hydrogen-bond donors (Lipinski definition) is 3. The SMILES string of the molecule is NC(=O)c1ccc(NC(=O)NCCSc2ccccc2)cc1F. The van der Waals surface area contributed by atoms with Gasteiger partial charge in [0.05, 0.1) is 5.56 Å². The quantitative estimate of drug-likeness (QED) is 0.561. The Kier molecular flexibility index (Phi) is 5.99. The number of anilines is 1. The zero-order chi connectivity index (χ0) is 16.7. The van der Waals surface area contributed by atoms with Crippen LogP contribution in [0.4, 0.5) is 14.9 Å². The van der Waals surface area contributed by atoms with Crippen molar-refractivity contribution >= 4 is 29.4 Å². The van der Waals surface area contributed by atoms with Gasteiger partial charge in [0.1, 0.15) is 5.82 Å². The van der Waals surface area contributed by atoms with E-state index in [0.29, 0.717) is 12.3 Å². The fourth-order valence-corrected chi connectivity index (χ4v) is 2.61. The standard InChI is InChI=1S/C16H16FN3O2S/c17-14-10-11(6-7-13(14)15(18)21)20-16(22)19-8-9-23-12-4-2-1-3-5-12/h1-7,10H,8-9H2,(H2,18,21)(H2,19,20,22). The molecule has 2 aromatic carbocycles. The summed E-state index contributed by atoms with van der Waals surface area (Å²) in [5, 5.41) is 5.17. The number of thioether (sulfide) groups is 1. The number of hydrogen-bond acceptors (Lipinski definition) is 3. The van der Waals surface area contributed by atoms with Crippen LogP contribution in [0.1, 0.15) is 10.4 Å². The van der Waals surface area contributed by atoms with Gasteiger partial charge in [0.15, 0.2) is 0 Å². The van der Waals surface area contributed by atoms with Crippen molar-refractivity contribution in [1.82, 2.24) is 5.32 Å².